The van der Waals surface area contributed by atoms with E-state index in [4.69, 9.17) is 0 Å². The molecule has 1 nitrogen and oxygen atoms in total. The summed E-state index contributed by atoms with van der Waals surface area (Å²) in [7, 11) is 0. The average molecular weight is 364 g/mol. The minimum atomic E-state index is 0.817. The fourth-order valence-electron chi connectivity index (χ4n) is 4.54. The van der Waals surface area contributed by atoms with Gasteiger partial charge in [-0.25, -0.2) is 0 Å². The Hall–Kier alpha value is -1.60. The van der Waals surface area contributed by atoms with E-state index < -0.39 is 0 Å². The Morgan fingerprint density at radius 3 is 1.52 bits per heavy atom. The van der Waals surface area contributed by atoms with Gasteiger partial charge >= 0.3 is 0 Å². The lowest BCUT2D eigenvalue weighted by molar-refractivity contribution is 0.162. The normalized spacial score (nSPS) is 16.2. The largest absolute Gasteiger partial charge is 0.300 e. The van der Waals surface area contributed by atoms with Crippen LogP contribution in [0, 0.1) is 0 Å². The Morgan fingerprint density at radius 1 is 0.593 bits per heavy atom. The van der Waals surface area contributed by atoms with E-state index in [0.717, 1.165) is 6.04 Å². The van der Waals surface area contributed by atoms with Gasteiger partial charge in [0.2, 0.25) is 0 Å². The van der Waals surface area contributed by atoms with Crippen molar-refractivity contribution < 1.29 is 0 Å². The molecular formula is C26H37N. The van der Waals surface area contributed by atoms with Crippen molar-refractivity contribution in [1.82, 2.24) is 4.90 Å². The van der Waals surface area contributed by atoms with Gasteiger partial charge in [0.05, 0.1) is 0 Å². The van der Waals surface area contributed by atoms with Gasteiger partial charge in [-0.3, -0.25) is 0 Å². The summed E-state index contributed by atoms with van der Waals surface area (Å²) in [5.41, 5.74) is 2.97. The van der Waals surface area contributed by atoms with Gasteiger partial charge in [-0.15, -0.1) is 0 Å². The molecular weight excluding hydrogens is 326 g/mol. The monoisotopic (exact) mass is 363 g/mol. The Kier molecular flexibility index (Phi) is 8.93. The van der Waals surface area contributed by atoms with Crippen LogP contribution in [0.5, 0.6) is 0 Å². The van der Waals surface area contributed by atoms with Gasteiger partial charge in [0.1, 0.15) is 0 Å². The maximum atomic E-state index is 2.84. The highest BCUT2D eigenvalue weighted by atomic mass is 15.1. The molecule has 3 rings (SSSR count). The first-order valence-corrected chi connectivity index (χ1v) is 11.2. The van der Waals surface area contributed by atoms with Crippen molar-refractivity contribution in [3.8, 4) is 0 Å². The average Bonchev–Trinajstić information content (AvgIpc) is 2.69. The van der Waals surface area contributed by atoms with Gasteiger partial charge < -0.3 is 4.90 Å². The van der Waals surface area contributed by atoms with Crippen LogP contribution in [0.4, 0.5) is 0 Å². The summed E-state index contributed by atoms with van der Waals surface area (Å²) in [6, 6.07) is 22.8. The maximum Gasteiger partial charge on any atom is 0.00952 e. The van der Waals surface area contributed by atoms with E-state index in [2.05, 4.69) is 65.6 Å². The third-order valence-electron chi connectivity index (χ3n) is 6.10. The fourth-order valence-corrected chi connectivity index (χ4v) is 4.54. The number of hydrogen-bond acceptors (Lipinski definition) is 1. The summed E-state index contributed by atoms with van der Waals surface area (Å²) in [5.74, 6) is 0. The molecule has 0 spiro atoms. The molecule has 0 saturated heterocycles. The summed E-state index contributed by atoms with van der Waals surface area (Å²) in [4.78, 5) is 2.84. The molecule has 0 radical (unpaired) electrons. The summed E-state index contributed by atoms with van der Waals surface area (Å²) >= 11 is 0. The Morgan fingerprint density at radius 2 is 1.04 bits per heavy atom. The van der Waals surface area contributed by atoms with Crippen LogP contribution in [-0.2, 0) is 12.8 Å². The molecule has 1 saturated carbocycles. The third kappa shape index (κ3) is 7.50. The quantitative estimate of drug-likeness (QED) is 0.481. The van der Waals surface area contributed by atoms with Crippen LogP contribution >= 0.6 is 0 Å². The van der Waals surface area contributed by atoms with Crippen LogP contribution in [0.25, 0.3) is 0 Å². The topological polar surface area (TPSA) is 3.24 Å². The van der Waals surface area contributed by atoms with Crippen LogP contribution in [0.15, 0.2) is 60.7 Å². The van der Waals surface area contributed by atoms with Crippen molar-refractivity contribution in [2.75, 3.05) is 13.1 Å². The maximum absolute atomic E-state index is 2.84. The molecule has 0 N–H and O–H groups in total. The number of nitrogens with zero attached hydrogens (tertiary/aromatic N) is 1. The lowest BCUT2D eigenvalue weighted by atomic mass is 9.95. The number of benzene rings is 2. The molecule has 0 atom stereocenters. The highest BCUT2D eigenvalue weighted by Gasteiger charge is 2.19. The summed E-state index contributed by atoms with van der Waals surface area (Å²) < 4.78 is 0. The van der Waals surface area contributed by atoms with Crippen molar-refractivity contribution in [2.24, 2.45) is 0 Å². The molecule has 0 aliphatic heterocycles. The van der Waals surface area contributed by atoms with Gasteiger partial charge in [0.25, 0.3) is 0 Å². The molecule has 0 amide bonds. The second kappa shape index (κ2) is 12.0. The molecule has 2 aromatic rings. The van der Waals surface area contributed by atoms with E-state index in [1.54, 1.807) is 0 Å². The molecule has 2 aromatic carbocycles. The van der Waals surface area contributed by atoms with Gasteiger partial charge in [0, 0.05) is 6.04 Å². The number of hydrogen-bond donors (Lipinski definition) is 0. The summed E-state index contributed by atoms with van der Waals surface area (Å²) in [6.07, 6.45) is 15.0. The molecule has 1 heteroatoms. The van der Waals surface area contributed by atoms with Crippen LogP contribution < -0.4 is 0 Å². The summed E-state index contributed by atoms with van der Waals surface area (Å²) in [5, 5.41) is 0. The first kappa shape index (κ1) is 20.1. The predicted octanol–water partition coefficient (Wildman–Crippen LogP) is 6.67. The fraction of sp³-hybridized carbons (Fsp3) is 0.538. The molecule has 0 bridgehead atoms. The van der Waals surface area contributed by atoms with Crippen LogP contribution in [0.2, 0.25) is 0 Å². The minimum absolute atomic E-state index is 0.817. The minimum Gasteiger partial charge on any atom is -0.300 e. The SMILES string of the molecule is c1ccc(CCCN(CCCc2ccccc2)C2CCCCCCC2)cc1. The van der Waals surface area contributed by atoms with Crippen molar-refractivity contribution in [3.05, 3.63) is 71.8 Å². The third-order valence-corrected chi connectivity index (χ3v) is 6.10. The standard InChI is InChI=1S/C26H37N/c1-2-10-20-26(21-11-3-1)27(22-12-18-24-14-6-4-7-15-24)23-13-19-25-16-8-5-9-17-25/h4-9,14-17,26H,1-3,10-13,18-23H2. The molecule has 27 heavy (non-hydrogen) atoms. The first-order valence-electron chi connectivity index (χ1n) is 11.2. The number of rotatable bonds is 9. The highest BCUT2D eigenvalue weighted by molar-refractivity contribution is 5.15. The van der Waals surface area contributed by atoms with E-state index in [1.165, 1.54) is 94.8 Å². The van der Waals surface area contributed by atoms with Crippen molar-refractivity contribution in [3.63, 3.8) is 0 Å². The zero-order valence-corrected chi connectivity index (χ0v) is 17.0. The van der Waals surface area contributed by atoms with Crippen molar-refractivity contribution in [2.45, 2.75) is 76.7 Å². The number of aryl methyl sites for hydroxylation is 2. The van der Waals surface area contributed by atoms with E-state index in [0.29, 0.717) is 0 Å². The van der Waals surface area contributed by atoms with E-state index in [-0.39, 0.29) is 0 Å². The zero-order valence-electron chi connectivity index (χ0n) is 17.0. The van der Waals surface area contributed by atoms with Gasteiger partial charge in [-0.05, 0) is 62.7 Å². The first-order chi connectivity index (χ1) is 13.4. The Balaban J connectivity index is 1.51. The molecule has 0 aromatic heterocycles. The lowest BCUT2D eigenvalue weighted by Gasteiger charge is -2.33. The van der Waals surface area contributed by atoms with E-state index in [9.17, 15) is 0 Å². The zero-order chi connectivity index (χ0) is 18.6. The van der Waals surface area contributed by atoms with Gasteiger partial charge in [-0.1, -0.05) is 92.8 Å². The summed E-state index contributed by atoms with van der Waals surface area (Å²) in [6.45, 7) is 2.52. The predicted molar refractivity (Wildman–Crippen MR) is 117 cm³/mol. The van der Waals surface area contributed by atoms with Crippen molar-refractivity contribution >= 4 is 0 Å². The van der Waals surface area contributed by atoms with Gasteiger partial charge in [-0.2, -0.15) is 0 Å². The van der Waals surface area contributed by atoms with E-state index in [1.807, 2.05) is 0 Å². The highest BCUT2D eigenvalue weighted by Crippen LogP contribution is 2.22. The molecule has 1 fully saturated rings. The van der Waals surface area contributed by atoms with Crippen LogP contribution in [0.3, 0.4) is 0 Å². The van der Waals surface area contributed by atoms with Crippen molar-refractivity contribution in [1.29, 1.82) is 0 Å². The smallest absolute Gasteiger partial charge is 0.00952 e. The lowest BCUT2D eigenvalue weighted by Crippen LogP contribution is -2.37. The van der Waals surface area contributed by atoms with Gasteiger partial charge in [0.15, 0.2) is 0 Å². The Bertz CT molecular complexity index is 553. The molecule has 1 aliphatic carbocycles. The second-order valence-electron chi connectivity index (χ2n) is 8.21. The van der Waals surface area contributed by atoms with E-state index >= 15 is 0 Å². The second-order valence-corrected chi connectivity index (χ2v) is 8.21. The molecule has 0 heterocycles. The molecule has 0 unspecified atom stereocenters. The van der Waals surface area contributed by atoms with Crippen LogP contribution in [-0.4, -0.2) is 24.0 Å². The molecule has 1 aliphatic rings. The molecule has 146 valence electrons. The Labute approximate surface area is 166 Å². The van der Waals surface area contributed by atoms with Crippen LogP contribution in [0.1, 0.15) is 68.9 Å².